The van der Waals surface area contributed by atoms with E-state index < -0.39 is 0 Å². The van der Waals surface area contributed by atoms with Crippen LogP contribution < -0.4 is 15.6 Å². The smallest absolute Gasteiger partial charge is 0.259 e. The molecule has 1 saturated carbocycles. The van der Waals surface area contributed by atoms with E-state index in [-0.39, 0.29) is 5.56 Å². The van der Waals surface area contributed by atoms with Gasteiger partial charge in [0.15, 0.2) is 0 Å². The molecule has 8 heteroatoms. The zero-order chi connectivity index (χ0) is 26.1. The molecule has 0 amide bonds. The summed E-state index contributed by atoms with van der Waals surface area (Å²) < 4.78 is 5.24. The molecule has 2 aliphatic rings. The van der Waals surface area contributed by atoms with Gasteiger partial charge < -0.3 is 19.9 Å². The van der Waals surface area contributed by atoms with Crippen molar-refractivity contribution < 1.29 is 4.74 Å². The zero-order valence-electron chi connectivity index (χ0n) is 22.0. The summed E-state index contributed by atoms with van der Waals surface area (Å²) >= 11 is 0. The summed E-state index contributed by atoms with van der Waals surface area (Å²) in [6, 6.07) is 11.1. The van der Waals surface area contributed by atoms with Crippen LogP contribution in [-0.2, 0) is 0 Å². The summed E-state index contributed by atoms with van der Waals surface area (Å²) in [5, 5.41) is 4.70. The molecule has 6 rings (SSSR count). The molecule has 0 radical (unpaired) electrons. The molecule has 0 spiro atoms. The van der Waals surface area contributed by atoms with Crippen LogP contribution in [0.3, 0.4) is 0 Å². The van der Waals surface area contributed by atoms with Crippen LogP contribution in [0.4, 0.5) is 11.5 Å². The Morgan fingerprint density at radius 3 is 2.58 bits per heavy atom. The highest BCUT2D eigenvalue weighted by molar-refractivity contribution is 5.94. The molecule has 3 aromatic heterocycles. The third-order valence-corrected chi connectivity index (χ3v) is 8.18. The predicted molar refractivity (Wildman–Crippen MR) is 150 cm³/mol. The minimum absolute atomic E-state index is 0.192. The number of aromatic nitrogens is 4. The number of pyridine rings is 2. The molecule has 2 N–H and O–H groups in total. The van der Waals surface area contributed by atoms with Gasteiger partial charge in [0.25, 0.3) is 5.56 Å². The maximum atomic E-state index is 12.8. The van der Waals surface area contributed by atoms with Crippen molar-refractivity contribution in [3.63, 3.8) is 0 Å². The molecule has 0 atom stereocenters. The molecule has 38 heavy (non-hydrogen) atoms. The van der Waals surface area contributed by atoms with Gasteiger partial charge in [-0.2, -0.15) is 0 Å². The van der Waals surface area contributed by atoms with Crippen LogP contribution in [-0.4, -0.2) is 51.1 Å². The summed E-state index contributed by atoms with van der Waals surface area (Å²) in [5.41, 5.74) is 4.59. The molecule has 4 heterocycles. The number of aryl methyl sites for hydroxylation is 1. The van der Waals surface area contributed by atoms with Crippen LogP contribution in [0.25, 0.3) is 22.2 Å². The molecule has 2 fully saturated rings. The number of piperidine rings is 1. The monoisotopic (exact) mass is 510 g/mol. The maximum absolute atomic E-state index is 12.8. The van der Waals surface area contributed by atoms with Gasteiger partial charge in [-0.15, -0.1) is 0 Å². The first kappa shape index (κ1) is 24.6. The van der Waals surface area contributed by atoms with E-state index in [1.54, 1.807) is 25.7 Å². The fourth-order valence-corrected chi connectivity index (χ4v) is 6.20. The van der Waals surface area contributed by atoms with Gasteiger partial charge in [0.05, 0.1) is 30.6 Å². The first-order chi connectivity index (χ1) is 18.6. The fraction of sp³-hybridized carbons (Fsp3) is 0.400. The first-order valence-corrected chi connectivity index (χ1v) is 13.6. The number of rotatable bonds is 6. The normalized spacial score (nSPS) is 17.2. The summed E-state index contributed by atoms with van der Waals surface area (Å²) in [7, 11) is 1.55. The molecular formula is C30H34N6O2. The lowest BCUT2D eigenvalue weighted by Gasteiger charge is -2.36. The van der Waals surface area contributed by atoms with E-state index in [4.69, 9.17) is 9.72 Å². The molecule has 0 bridgehead atoms. The lowest BCUT2D eigenvalue weighted by atomic mass is 9.86. The van der Waals surface area contributed by atoms with Gasteiger partial charge in [-0.3, -0.25) is 9.78 Å². The average Bonchev–Trinajstić information content (AvgIpc) is 3.48. The number of hydrogen-bond acceptors (Lipinski definition) is 7. The lowest BCUT2D eigenvalue weighted by molar-refractivity contribution is 0.154. The molecule has 4 aromatic rings. The summed E-state index contributed by atoms with van der Waals surface area (Å²) in [4.78, 5) is 31.8. The second-order valence-electron chi connectivity index (χ2n) is 10.5. The second-order valence-corrected chi connectivity index (χ2v) is 10.5. The minimum atomic E-state index is -0.192. The van der Waals surface area contributed by atoms with Crippen molar-refractivity contribution in [2.45, 2.75) is 57.4 Å². The predicted octanol–water partition coefficient (Wildman–Crippen LogP) is 5.56. The van der Waals surface area contributed by atoms with E-state index in [1.165, 1.54) is 62.7 Å². The second kappa shape index (κ2) is 10.5. The molecule has 1 saturated heterocycles. The fourth-order valence-electron chi connectivity index (χ4n) is 6.20. The minimum Gasteiger partial charge on any atom is -0.480 e. The summed E-state index contributed by atoms with van der Waals surface area (Å²) in [6.45, 7) is 4.59. The van der Waals surface area contributed by atoms with Gasteiger partial charge in [-0.05, 0) is 92.4 Å². The van der Waals surface area contributed by atoms with E-state index >= 15 is 0 Å². The zero-order valence-corrected chi connectivity index (χ0v) is 22.0. The largest absolute Gasteiger partial charge is 0.480 e. The molecule has 1 aliphatic heterocycles. The van der Waals surface area contributed by atoms with Gasteiger partial charge in [0.1, 0.15) is 11.5 Å². The number of benzene rings is 1. The Morgan fingerprint density at radius 1 is 1.00 bits per heavy atom. The highest BCUT2D eigenvalue weighted by Gasteiger charge is 2.28. The van der Waals surface area contributed by atoms with Crippen molar-refractivity contribution in [1.82, 2.24) is 24.8 Å². The van der Waals surface area contributed by atoms with Crippen LogP contribution in [0.5, 0.6) is 5.88 Å². The van der Waals surface area contributed by atoms with E-state index in [0.29, 0.717) is 34.4 Å². The highest BCUT2D eigenvalue weighted by Crippen LogP contribution is 2.35. The quantitative estimate of drug-likeness (QED) is 0.350. The number of nitrogens with zero attached hydrogens (tertiary/aromatic N) is 4. The number of ether oxygens (including phenoxy) is 1. The first-order valence-electron chi connectivity index (χ1n) is 13.6. The Bertz CT molecular complexity index is 1500. The van der Waals surface area contributed by atoms with Crippen LogP contribution in [0.2, 0.25) is 0 Å². The van der Waals surface area contributed by atoms with E-state index in [9.17, 15) is 4.79 Å². The van der Waals surface area contributed by atoms with Gasteiger partial charge in [0.2, 0.25) is 5.88 Å². The van der Waals surface area contributed by atoms with E-state index in [1.807, 2.05) is 12.1 Å². The van der Waals surface area contributed by atoms with Gasteiger partial charge in [-0.25, -0.2) is 9.97 Å². The van der Waals surface area contributed by atoms with Crippen LogP contribution in [0.1, 0.15) is 55.6 Å². The average molecular weight is 511 g/mol. The standard InChI is InChI=1S/C30H34N6O2/c1-19-15-22(7-8-24(19)20-10-13-36(14-11-20)23-5-3-4-6-23)33-29-28-21(9-12-32-30(28)37)16-25(35-29)26-17-31-18-27(34-26)38-2/h7-9,12,15-18,20,23H,3-6,10-11,13-14H2,1-2H3,(H,32,37)(H,33,35). The molecule has 1 aromatic carbocycles. The van der Waals surface area contributed by atoms with Gasteiger partial charge in [0, 0.05) is 17.9 Å². The van der Waals surface area contributed by atoms with E-state index in [0.717, 1.165) is 17.1 Å². The molecule has 8 nitrogen and oxygen atoms in total. The van der Waals surface area contributed by atoms with Crippen molar-refractivity contribution in [2.75, 3.05) is 25.5 Å². The number of fused-ring (bicyclic) bond motifs is 1. The number of aromatic amines is 1. The van der Waals surface area contributed by atoms with Crippen molar-refractivity contribution >= 4 is 22.3 Å². The van der Waals surface area contributed by atoms with Crippen LogP contribution in [0, 0.1) is 6.92 Å². The topological polar surface area (TPSA) is 96.0 Å². The SMILES string of the molecule is COc1cncc(-c2cc3cc[nH]c(=O)c3c(Nc3ccc(C4CCN(C5CCCC5)CC4)c(C)c3)n2)n1. The third kappa shape index (κ3) is 4.88. The Balaban J connectivity index is 1.27. The number of likely N-dealkylation sites (tertiary alicyclic amines) is 1. The lowest BCUT2D eigenvalue weighted by Crippen LogP contribution is -2.39. The van der Waals surface area contributed by atoms with Crippen molar-refractivity contribution in [3.05, 3.63) is 70.4 Å². The molecule has 1 aliphatic carbocycles. The van der Waals surface area contributed by atoms with E-state index in [2.05, 4.69) is 50.3 Å². The third-order valence-electron chi connectivity index (χ3n) is 8.18. The Morgan fingerprint density at radius 2 is 1.82 bits per heavy atom. The Labute approximate surface area is 222 Å². The van der Waals surface area contributed by atoms with Crippen LogP contribution in [0.15, 0.2) is 53.7 Å². The number of nitrogens with one attached hydrogen (secondary N) is 2. The Hall–Kier alpha value is -3.78. The Kier molecular flexibility index (Phi) is 6.81. The number of hydrogen-bond donors (Lipinski definition) is 2. The number of methoxy groups -OCH3 is 1. The molecule has 0 unspecified atom stereocenters. The summed E-state index contributed by atoms with van der Waals surface area (Å²) in [6.07, 6.45) is 12.8. The molecule has 196 valence electrons. The molecular weight excluding hydrogens is 476 g/mol. The van der Waals surface area contributed by atoms with Crippen molar-refractivity contribution in [1.29, 1.82) is 0 Å². The van der Waals surface area contributed by atoms with Gasteiger partial charge >= 0.3 is 0 Å². The van der Waals surface area contributed by atoms with Gasteiger partial charge in [-0.1, -0.05) is 18.9 Å². The van der Waals surface area contributed by atoms with Crippen LogP contribution >= 0.6 is 0 Å². The maximum Gasteiger partial charge on any atom is 0.259 e. The number of H-pyrrole nitrogens is 1. The van der Waals surface area contributed by atoms with Crippen molar-refractivity contribution in [2.24, 2.45) is 0 Å². The number of anilines is 2. The summed E-state index contributed by atoms with van der Waals surface area (Å²) in [5.74, 6) is 1.49. The van der Waals surface area contributed by atoms with Crippen molar-refractivity contribution in [3.8, 4) is 17.3 Å². The highest BCUT2D eigenvalue weighted by atomic mass is 16.5.